The van der Waals surface area contributed by atoms with Gasteiger partial charge in [0.2, 0.25) is 0 Å². The van der Waals surface area contributed by atoms with Crippen LogP contribution in [0.1, 0.15) is 6.92 Å². The van der Waals surface area contributed by atoms with Crippen molar-refractivity contribution in [1.82, 2.24) is 0 Å². The Morgan fingerprint density at radius 1 is 1.25 bits per heavy atom. The first-order chi connectivity index (χ1) is 7.49. The quantitative estimate of drug-likeness (QED) is 0.763. The van der Waals surface area contributed by atoms with E-state index in [1.54, 1.807) is 12.1 Å². The summed E-state index contributed by atoms with van der Waals surface area (Å²) in [6.07, 6.45) is 1.21. The summed E-state index contributed by atoms with van der Waals surface area (Å²) in [6.45, 7) is 3.65. The average molecular weight is 262 g/mol. The number of benzene rings is 1. The van der Waals surface area contributed by atoms with Crippen molar-refractivity contribution in [3.63, 3.8) is 0 Å². The molecule has 1 rings (SSSR count). The number of rotatable bonds is 5. The molecule has 0 radical (unpaired) electrons. The maximum absolute atomic E-state index is 11.3. The van der Waals surface area contributed by atoms with Crippen LogP contribution in [0.4, 0.5) is 5.69 Å². The lowest BCUT2D eigenvalue weighted by atomic mass is 10.3. The van der Waals surface area contributed by atoms with Crippen molar-refractivity contribution in [3.05, 3.63) is 24.3 Å². The first-order valence-electron chi connectivity index (χ1n) is 5.10. The minimum atomic E-state index is -3.11. The monoisotopic (exact) mass is 261 g/mol. The molecule has 0 amide bonds. The maximum Gasteiger partial charge on any atom is 0.175 e. The zero-order chi connectivity index (χ0) is 12.2. The van der Waals surface area contributed by atoms with Crippen LogP contribution in [0.25, 0.3) is 0 Å². The Kier molecular flexibility index (Phi) is 4.62. The molecule has 1 aromatic carbocycles. The van der Waals surface area contributed by atoms with Gasteiger partial charge >= 0.3 is 0 Å². The Hall–Kier alpha value is -0.740. The van der Waals surface area contributed by atoms with Gasteiger partial charge in [-0.1, -0.05) is 0 Å². The molecule has 5 heteroatoms. The van der Waals surface area contributed by atoms with Crippen LogP contribution in [0.15, 0.2) is 29.2 Å². The van der Waals surface area contributed by atoms with Crippen LogP contribution in [-0.2, 0) is 9.84 Å². The number of nitrogens with zero attached hydrogens (tertiary/aromatic N) is 1. The SMILES string of the molecule is CCN(CCCl)c1ccc(S(C)(=O)=O)cc1. The standard InChI is InChI=1S/C11H16ClNO2S/c1-3-13(9-8-12)10-4-6-11(7-5-10)16(2,14)15/h4-7H,3,8-9H2,1-2H3. The Bertz CT molecular complexity index is 428. The summed E-state index contributed by atoms with van der Waals surface area (Å²) in [5.74, 6) is 0.557. The molecular weight excluding hydrogens is 246 g/mol. The van der Waals surface area contributed by atoms with Gasteiger partial charge in [-0.3, -0.25) is 0 Å². The molecule has 0 atom stereocenters. The van der Waals surface area contributed by atoms with Gasteiger partial charge in [-0.05, 0) is 31.2 Å². The Balaban J connectivity index is 2.93. The van der Waals surface area contributed by atoms with Gasteiger partial charge in [0.15, 0.2) is 9.84 Å². The van der Waals surface area contributed by atoms with E-state index >= 15 is 0 Å². The third-order valence-electron chi connectivity index (χ3n) is 2.37. The van der Waals surface area contributed by atoms with Crippen LogP contribution in [0.3, 0.4) is 0 Å². The Morgan fingerprint density at radius 3 is 2.19 bits per heavy atom. The van der Waals surface area contributed by atoms with Gasteiger partial charge in [0.25, 0.3) is 0 Å². The van der Waals surface area contributed by atoms with Gasteiger partial charge in [0.05, 0.1) is 4.90 Å². The van der Waals surface area contributed by atoms with E-state index in [1.807, 2.05) is 19.1 Å². The van der Waals surface area contributed by atoms with E-state index in [0.717, 1.165) is 18.8 Å². The molecule has 0 aliphatic rings. The number of hydrogen-bond acceptors (Lipinski definition) is 3. The van der Waals surface area contributed by atoms with Gasteiger partial charge in [0, 0.05) is 30.9 Å². The molecule has 0 aliphatic heterocycles. The van der Waals surface area contributed by atoms with Crippen molar-refractivity contribution in [3.8, 4) is 0 Å². The third-order valence-corrected chi connectivity index (χ3v) is 3.66. The van der Waals surface area contributed by atoms with Gasteiger partial charge in [0.1, 0.15) is 0 Å². The van der Waals surface area contributed by atoms with Crippen molar-refractivity contribution in [2.45, 2.75) is 11.8 Å². The normalized spacial score (nSPS) is 11.4. The number of hydrogen-bond donors (Lipinski definition) is 0. The van der Waals surface area contributed by atoms with E-state index < -0.39 is 9.84 Å². The summed E-state index contributed by atoms with van der Waals surface area (Å²) in [5, 5.41) is 0. The van der Waals surface area contributed by atoms with Crippen molar-refractivity contribution >= 4 is 27.1 Å². The summed E-state index contributed by atoms with van der Waals surface area (Å²) in [5.41, 5.74) is 0.996. The van der Waals surface area contributed by atoms with Crippen LogP contribution >= 0.6 is 11.6 Å². The predicted molar refractivity (Wildman–Crippen MR) is 68.2 cm³/mol. The number of alkyl halides is 1. The first-order valence-corrected chi connectivity index (χ1v) is 7.52. The molecule has 0 saturated carbocycles. The van der Waals surface area contributed by atoms with Crippen molar-refractivity contribution < 1.29 is 8.42 Å². The molecule has 1 aromatic rings. The van der Waals surface area contributed by atoms with Crippen LogP contribution in [0, 0.1) is 0 Å². The van der Waals surface area contributed by atoms with E-state index in [2.05, 4.69) is 4.90 Å². The lowest BCUT2D eigenvalue weighted by Gasteiger charge is -2.21. The number of sulfone groups is 1. The van der Waals surface area contributed by atoms with Crippen molar-refractivity contribution in [1.29, 1.82) is 0 Å². The highest BCUT2D eigenvalue weighted by Gasteiger charge is 2.08. The smallest absolute Gasteiger partial charge is 0.175 e. The zero-order valence-electron chi connectivity index (χ0n) is 9.48. The van der Waals surface area contributed by atoms with Gasteiger partial charge in [-0.15, -0.1) is 11.6 Å². The molecule has 0 bridgehead atoms. The van der Waals surface area contributed by atoms with Gasteiger partial charge < -0.3 is 4.90 Å². The zero-order valence-corrected chi connectivity index (χ0v) is 11.1. The fourth-order valence-corrected chi connectivity index (χ4v) is 2.31. The van der Waals surface area contributed by atoms with E-state index in [4.69, 9.17) is 11.6 Å². The lowest BCUT2D eigenvalue weighted by Crippen LogP contribution is -2.24. The molecule has 3 nitrogen and oxygen atoms in total. The molecule has 0 N–H and O–H groups in total. The lowest BCUT2D eigenvalue weighted by molar-refractivity contribution is 0.602. The summed E-state index contributed by atoms with van der Waals surface area (Å²) >= 11 is 5.69. The summed E-state index contributed by atoms with van der Waals surface area (Å²) in [6, 6.07) is 6.88. The van der Waals surface area contributed by atoms with Crippen LogP contribution in [-0.4, -0.2) is 33.6 Å². The van der Waals surface area contributed by atoms with Crippen LogP contribution in [0.5, 0.6) is 0 Å². The topological polar surface area (TPSA) is 37.4 Å². The number of halogens is 1. The minimum Gasteiger partial charge on any atom is -0.371 e. The molecule has 0 fully saturated rings. The molecule has 0 unspecified atom stereocenters. The van der Waals surface area contributed by atoms with E-state index in [1.165, 1.54) is 6.26 Å². The average Bonchev–Trinajstić information content (AvgIpc) is 2.25. The molecule has 0 spiro atoms. The second-order valence-corrected chi connectivity index (χ2v) is 5.93. The minimum absolute atomic E-state index is 0.346. The largest absolute Gasteiger partial charge is 0.371 e. The van der Waals surface area contributed by atoms with Gasteiger partial charge in [-0.25, -0.2) is 8.42 Å². The molecule has 0 aliphatic carbocycles. The first kappa shape index (κ1) is 13.3. The second-order valence-electron chi connectivity index (χ2n) is 3.53. The Morgan fingerprint density at radius 2 is 1.81 bits per heavy atom. The van der Waals surface area contributed by atoms with Crippen molar-refractivity contribution in [2.75, 3.05) is 30.1 Å². The summed E-state index contributed by atoms with van der Waals surface area (Å²) in [7, 11) is -3.11. The molecule has 0 saturated heterocycles. The Labute approximate surface area is 102 Å². The second kappa shape index (κ2) is 5.55. The van der Waals surface area contributed by atoms with Crippen LogP contribution < -0.4 is 4.90 Å². The number of anilines is 1. The highest BCUT2D eigenvalue weighted by atomic mass is 35.5. The summed E-state index contributed by atoms with van der Waals surface area (Å²) < 4.78 is 22.5. The molecule has 16 heavy (non-hydrogen) atoms. The summed E-state index contributed by atoms with van der Waals surface area (Å²) in [4.78, 5) is 2.44. The van der Waals surface area contributed by atoms with E-state index in [0.29, 0.717) is 10.8 Å². The fraction of sp³-hybridized carbons (Fsp3) is 0.455. The van der Waals surface area contributed by atoms with E-state index in [9.17, 15) is 8.42 Å². The third kappa shape index (κ3) is 3.39. The molecule has 0 heterocycles. The fourth-order valence-electron chi connectivity index (χ4n) is 1.48. The van der Waals surface area contributed by atoms with E-state index in [-0.39, 0.29) is 0 Å². The molecular formula is C11H16ClNO2S. The predicted octanol–water partition coefficient (Wildman–Crippen LogP) is 2.16. The molecule has 0 aromatic heterocycles. The van der Waals surface area contributed by atoms with Crippen LogP contribution in [0.2, 0.25) is 0 Å². The van der Waals surface area contributed by atoms with Crippen molar-refractivity contribution in [2.24, 2.45) is 0 Å². The molecule has 90 valence electrons. The maximum atomic E-state index is 11.3. The van der Waals surface area contributed by atoms with Gasteiger partial charge in [-0.2, -0.15) is 0 Å². The highest BCUT2D eigenvalue weighted by molar-refractivity contribution is 7.90. The highest BCUT2D eigenvalue weighted by Crippen LogP contribution is 2.17.